The van der Waals surface area contributed by atoms with Crippen LogP contribution in [0.5, 0.6) is 0 Å². The van der Waals surface area contributed by atoms with Crippen LogP contribution < -0.4 is 5.32 Å². The predicted molar refractivity (Wildman–Crippen MR) is 81.9 cm³/mol. The number of aromatic nitrogens is 2. The van der Waals surface area contributed by atoms with Crippen molar-refractivity contribution in [3.63, 3.8) is 0 Å². The number of nitrogens with zero attached hydrogens (tertiary/aromatic N) is 3. The zero-order valence-electron chi connectivity index (χ0n) is 12.9. The topological polar surface area (TPSA) is 67.2 Å². The molecular formula is C16H24N4O2. The molecule has 0 bridgehead atoms. The summed E-state index contributed by atoms with van der Waals surface area (Å²) >= 11 is 0. The molecule has 6 heteroatoms. The van der Waals surface area contributed by atoms with E-state index in [1.807, 2.05) is 11.0 Å². The van der Waals surface area contributed by atoms with Gasteiger partial charge in [-0.25, -0.2) is 0 Å². The quantitative estimate of drug-likeness (QED) is 0.854. The maximum Gasteiger partial charge on any atom is 0.244 e. The van der Waals surface area contributed by atoms with E-state index >= 15 is 0 Å². The Hall–Kier alpha value is -1.85. The summed E-state index contributed by atoms with van der Waals surface area (Å²) in [4.78, 5) is 25.9. The van der Waals surface area contributed by atoms with Gasteiger partial charge in [0.15, 0.2) is 0 Å². The van der Waals surface area contributed by atoms with Crippen molar-refractivity contribution < 1.29 is 9.59 Å². The normalized spacial score (nSPS) is 19.2. The van der Waals surface area contributed by atoms with Crippen molar-refractivity contribution in [1.82, 2.24) is 20.0 Å². The van der Waals surface area contributed by atoms with E-state index in [1.54, 1.807) is 17.1 Å². The summed E-state index contributed by atoms with van der Waals surface area (Å²) in [6, 6.07) is 1.82. The molecule has 0 aromatic carbocycles. The standard InChI is InChI=1S/C16H24N4O2/c21-15(17-11-14-2-3-14)10-13-4-8-19(9-5-13)16(22)12-20-7-1-6-18-20/h1,6-7,13-14H,2-5,8-12H2,(H,17,21). The molecule has 1 N–H and O–H groups in total. The first-order valence-corrected chi connectivity index (χ1v) is 8.22. The molecule has 2 heterocycles. The van der Waals surface area contributed by atoms with E-state index in [0.717, 1.165) is 38.4 Å². The SMILES string of the molecule is O=C(CC1CCN(C(=O)Cn2cccn2)CC1)NCC1CC1. The number of hydrogen-bond donors (Lipinski definition) is 1. The molecule has 1 aromatic heterocycles. The van der Waals surface area contributed by atoms with Crippen LogP contribution in [0.25, 0.3) is 0 Å². The van der Waals surface area contributed by atoms with Crippen LogP contribution in [0.4, 0.5) is 0 Å². The van der Waals surface area contributed by atoms with Gasteiger partial charge in [0.1, 0.15) is 6.54 Å². The van der Waals surface area contributed by atoms with Crippen LogP contribution in [0.2, 0.25) is 0 Å². The Morgan fingerprint density at radius 3 is 2.55 bits per heavy atom. The Balaban J connectivity index is 1.36. The molecule has 0 unspecified atom stereocenters. The van der Waals surface area contributed by atoms with Gasteiger partial charge < -0.3 is 10.2 Å². The van der Waals surface area contributed by atoms with E-state index in [2.05, 4.69) is 10.4 Å². The highest BCUT2D eigenvalue weighted by Gasteiger charge is 2.26. The van der Waals surface area contributed by atoms with Gasteiger partial charge in [0.05, 0.1) is 0 Å². The van der Waals surface area contributed by atoms with Crippen LogP contribution in [-0.2, 0) is 16.1 Å². The Morgan fingerprint density at radius 2 is 1.91 bits per heavy atom. The van der Waals surface area contributed by atoms with Crippen molar-refractivity contribution in [2.45, 2.75) is 38.6 Å². The Labute approximate surface area is 130 Å². The van der Waals surface area contributed by atoms with Crippen LogP contribution in [0.3, 0.4) is 0 Å². The van der Waals surface area contributed by atoms with E-state index < -0.39 is 0 Å². The maximum absolute atomic E-state index is 12.2. The molecule has 0 atom stereocenters. The van der Waals surface area contributed by atoms with Crippen molar-refractivity contribution in [2.75, 3.05) is 19.6 Å². The van der Waals surface area contributed by atoms with Gasteiger partial charge in [-0.1, -0.05) is 0 Å². The van der Waals surface area contributed by atoms with Gasteiger partial charge in [-0.3, -0.25) is 14.3 Å². The highest BCUT2D eigenvalue weighted by molar-refractivity contribution is 5.77. The fourth-order valence-corrected chi connectivity index (χ4v) is 2.93. The number of carbonyl (C=O) groups is 2. The number of rotatable bonds is 6. The molecule has 2 aliphatic rings. The Bertz CT molecular complexity index is 502. The minimum absolute atomic E-state index is 0.111. The first kappa shape index (κ1) is 15.1. The molecule has 120 valence electrons. The second kappa shape index (κ2) is 6.94. The van der Waals surface area contributed by atoms with Gasteiger partial charge in [0, 0.05) is 38.4 Å². The summed E-state index contributed by atoms with van der Waals surface area (Å²) in [5, 5.41) is 7.09. The zero-order valence-corrected chi connectivity index (χ0v) is 12.9. The lowest BCUT2D eigenvalue weighted by Gasteiger charge is -2.31. The second-order valence-electron chi connectivity index (χ2n) is 6.48. The minimum Gasteiger partial charge on any atom is -0.356 e. The first-order valence-electron chi connectivity index (χ1n) is 8.22. The summed E-state index contributed by atoms with van der Waals surface area (Å²) in [5.74, 6) is 1.42. The fourth-order valence-electron chi connectivity index (χ4n) is 2.93. The van der Waals surface area contributed by atoms with Crippen molar-refractivity contribution in [3.8, 4) is 0 Å². The Kier molecular flexibility index (Phi) is 4.75. The Morgan fingerprint density at radius 1 is 1.14 bits per heavy atom. The molecule has 1 aliphatic carbocycles. The van der Waals surface area contributed by atoms with Gasteiger partial charge in [-0.05, 0) is 43.6 Å². The molecule has 2 fully saturated rings. The molecule has 0 radical (unpaired) electrons. The van der Waals surface area contributed by atoms with Crippen LogP contribution in [0.15, 0.2) is 18.5 Å². The molecule has 1 saturated heterocycles. The predicted octanol–water partition coefficient (Wildman–Crippen LogP) is 1.04. The summed E-state index contributed by atoms with van der Waals surface area (Å²) in [7, 11) is 0. The number of likely N-dealkylation sites (tertiary alicyclic amines) is 1. The molecule has 22 heavy (non-hydrogen) atoms. The molecule has 2 amide bonds. The van der Waals surface area contributed by atoms with Crippen LogP contribution in [-0.4, -0.2) is 46.1 Å². The monoisotopic (exact) mass is 304 g/mol. The average molecular weight is 304 g/mol. The zero-order chi connectivity index (χ0) is 15.4. The summed E-state index contributed by atoms with van der Waals surface area (Å²) in [5.41, 5.74) is 0. The maximum atomic E-state index is 12.2. The number of carbonyl (C=O) groups excluding carboxylic acids is 2. The van der Waals surface area contributed by atoms with Crippen molar-refractivity contribution in [3.05, 3.63) is 18.5 Å². The molecular weight excluding hydrogens is 280 g/mol. The summed E-state index contributed by atoms with van der Waals surface area (Å²) in [6.45, 7) is 2.65. The first-order chi connectivity index (χ1) is 10.7. The molecule has 1 aromatic rings. The molecule has 3 rings (SSSR count). The van der Waals surface area contributed by atoms with Crippen LogP contribution in [0, 0.1) is 11.8 Å². The number of amides is 2. The molecule has 6 nitrogen and oxygen atoms in total. The van der Waals surface area contributed by atoms with Gasteiger partial charge in [0.2, 0.25) is 11.8 Å². The van der Waals surface area contributed by atoms with E-state index in [0.29, 0.717) is 18.9 Å². The summed E-state index contributed by atoms with van der Waals surface area (Å²) < 4.78 is 1.65. The second-order valence-corrected chi connectivity index (χ2v) is 6.48. The number of nitrogens with one attached hydrogen (secondary N) is 1. The highest BCUT2D eigenvalue weighted by atomic mass is 16.2. The van der Waals surface area contributed by atoms with Crippen molar-refractivity contribution >= 4 is 11.8 Å². The third-order valence-corrected chi connectivity index (χ3v) is 4.58. The molecule has 0 spiro atoms. The van der Waals surface area contributed by atoms with E-state index in [-0.39, 0.29) is 11.8 Å². The van der Waals surface area contributed by atoms with E-state index in [1.165, 1.54) is 12.8 Å². The highest BCUT2D eigenvalue weighted by Crippen LogP contribution is 2.27. The number of piperidine rings is 1. The minimum atomic E-state index is 0.111. The van der Waals surface area contributed by atoms with Gasteiger partial charge in [-0.2, -0.15) is 5.10 Å². The third-order valence-electron chi connectivity index (χ3n) is 4.58. The van der Waals surface area contributed by atoms with Crippen molar-refractivity contribution in [2.24, 2.45) is 11.8 Å². The average Bonchev–Trinajstić information content (AvgIpc) is 3.22. The lowest BCUT2D eigenvalue weighted by Crippen LogP contribution is -2.41. The van der Waals surface area contributed by atoms with E-state index in [9.17, 15) is 9.59 Å². The van der Waals surface area contributed by atoms with Gasteiger partial charge >= 0.3 is 0 Å². The lowest BCUT2D eigenvalue weighted by atomic mass is 9.93. The third kappa shape index (κ3) is 4.32. The fraction of sp³-hybridized carbons (Fsp3) is 0.688. The van der Waals surface area contributed by atoms with Crippen molar-refractivity contribution in [1.29, 1.82) is 0 Å². The van der Waals surface area contributed by atoms with Crippen LogP contribution >= 0.6 is 0 Å². The van der Waals surface area contributed by atoms with E-state index in [4.69, 9.17) is 0 Å². The van der Waals surface area contributed by atoms with Gasteiger partial charge in [-0.15, -0.1) is 0 Å². The lowest BCUT2D eigenvalue weighted by molar-refractivity contribution is -0.133. The molecule has 1 aliphatic heterocycles. The largest absolute Gasteiger partial charge is 0.356 e. The smallest absolute Gasteiger partial charge is 0.244 e. The van der Waals surface area contributed by atoms with Crippen LogP contribution in [0.1, 0.15) is 32.1 Å². The molecule has 1 saturated carbocycles. The van der Waals surface area contributed by atoms with Gasteiger partial charge in [0.25, 0.3) is 0 Å². The summed E-state index contributed by atoms with van der Waals surface area (Å²) in [6.07, 6.45) is 8.44. The number of hydrogen-bond acceptors (Lipinski definition) is 3.